The van der Waals surface area contributed by atoms with Gasteiger partial charge in [0.05, 0.1) is 0 Å². The maximum Gasteiger partial charge on any atom is 0.0459 e. The predicted molar refractivity (Wildman–Crippen MR) is 79.3 cm³/mol. The van der Waals surface area contributed by atoms with Gasteiger partial charge in [0.2, 0.25) is 0 Å². The fraction of sp³-hybridized carbons (Fsp3) is 0.625. The van der Waals surface area contributed by atoms with E-state index in [9.17, 15) is 0 Å². The van der Waals surface area contributed by atoms with Crippen molar-refractivity contribution in [3.63, 3.8) is 0 Å². The van der Waals surface area contributed by atoms with Crippen molar-refractivity contribution in [1.82, 2.24) is 0 Å². The third kappa shape index (κ3) is 11.4. The molecule has 1 heteroatoms. The van der Waals surface area contributed by atoms with E-state index in [-0.39, 0.29) is 0 Å². The average Bonchev–Trinajstić information content (AvgIpc) is 2.29. The van der Waals surface area contributed by atoms with Gasteiger partial charge in [0.1, 0.15) is 0 Å². The van der Waals surface area contributed by atoms with Gasteiger partial charge in [-0.15, -0.1) is 0 Å². The minimum absolute atomic E-state index is 0.774. The Bertz CT molecular complexity index is 198. The smallest absolute Gasteiger partial charge is 0.0459 e. The lowest BCUT2D eigenvalue weighted by Gasteiger charge is -2.25. The molecule has 0 amide bonds. The van der Waals surface area contributed by atoms with Crippen molar-refractivity contribution in [3.8, 4) is 0 Å². The Labute approximate surface area is 108 Å². The molecule has 0 saturated heterocycles. The van der Waals surface area contributed by atoms with Crippen LogP contribution in [0.25, 0.3) is 0 Å². The van der Waals surface area contributed by atoms with Gasteiger partial charge >= 0.3 is 0 Å². The lowest BCUT2D eigenvalue weighted by molar-refractivity contribution is 0.199. The number of ether oxygens (including phenoxy) is 1. The Balaban J connectivity index is 0. The summed E-state index contributed by atoms with van der Waals surface area (Å²) in [6.45, 7) is 14.6. The number of rotatable bonds is 5. The van der Waals surface area contributed by atoms with Crippen LogP contribution >= 0.6 is 0 Å². The summed E-state index contributed by atoms with van der Waals surface area (Å²) < 4.78 is 4.69. The maximum atomic E-state index is 4.69. The molecule has 0 radical (unpaired) electrons. The molecule has 0 bridgehead atoms. The molecule has 1 aliphatic rings. The summed E-state index contributed by atoms with van der Waals surface area (Å²) in [5.41, 5.74) is 1.27. The largest absolute Gasteiger partial charge is 0.385 e. The molecule has 100 valence electrons. The molecule has 0 atom stereocenters. The van der Waals surface area contributed by atoms with E-state index in [0.717, 1.165) is 18.9 Å². The van der Waals surface area contributed by atoms with Crippen LogP contribution in [-0.4, -0.2) is 13.7 Å². The molecule has 1 aliphatic carbocycles. The first-order chi connectivity index (χ1) is 8.26. The van der Waals surface area contributed by atoms with E-state index in [1.807, 2.05) is 19.9 Å². The molecule has 0 N–H and O–H groups in total. The monoisotopic (exact) mass is 238 g/mol. The van der Waals surface area contributed by atoms with E-state index in [4.69, 9.17) is 4.74 Å². The molecule has 0 spiro atoms. The second kappa shape index (κ2) is 15.2. The molecule has 0 aromatic heterocycles. The van der Waals surface area contributed by atoms with Crippen molar-refractivity contribution < 1.29 is 4.74 Å². The lowest BCUT2D eigenvalue weighted by Crippen LogP contribution is -2.11. The zero-order valence-electron chi connectivity index (χ0n) is 12.2. The number of allylic oxidation sites excluding steroid dienone is 4. The summed E-state index contributed by atoms with van der Waals surface area (Å²) in [6, 6.07) is 0. The minimum atomic E-state index is 0.774. The third-order valence-electron chi connectivity index (χ3n) is 2.48. The maximum absolute atomic E-state index is 4.69. The van der Waals surface area contributed by atoms with Crippen molar-refractivity contribution in [3.05, 3.63) is 37.0 Å². The quantitative estimate of drug-likeness (QED) is 0.602. The topological polar surface area (TPSA) is 9.23 Å². The van der Waals surface area contributed by atoms with Gasteiger partial charge in [0.15, 0.2) is 0 Å². The van der Waals surface area contributed by atoms with Gasteiger partial charge in [-0.3, -0.25) is 0 Å². The van der Waals surface area contributed by atoms with Crippen LogP contribution in [0.15, 0.2) is 37.0 Å². The van der Waals surface area contributed by atoms with E-state index in [0.29, 0.717) is 0 Å². The summed E-state index contributed by atoms with van der Waals surface area (Å²) in [6.07, 6.45) is 11.0. The highest BCUT2D eigenvalue weighted by molar-refractivity contribution is 5.22. The SMILES string of the molecule is C=C/C=C\C(=C)C1CCC1.CC.CCCOC. The molecule has 0 heterocycles. The summed E-state index contributed by atoms with van der Waals surface area (Å²) in [5.74, 6) is 0.774. The van der Waals surface area contributed by atoms with Gasteiger partial charge in [-0.05, 0) is 25.2 Å². The second-order valence-corrected chi connectivity index (χ2v) is 3.79. The van der Waals surface area contributed by atoms with Crippen molar-refractivity contribution in [2.45, 2.75) is 46.5 Å². The second-order valence-electron chi connectivity index (χ2n) is 3.79. The molecule has 1 nitrogen and oxygen atoms in total. The highest BCUT2D eigenvalue weighted by Gasteiger charge is 2.18. The molecule has 17 heavy (non-hydrogen) atoms. The van der Waals surface area contributed by atoms with Gasteiger partial charge in [0.25, 0.3) is 0 Å². The van der Waals surface area contributed by atoms with Crippen molar-refractivity contribution in [1.29, 1.82) is 0 Å². The van der Waals surface area contributed by atoms with E-state index < -0.39 is 0 Å². The predicted octanol–water partition coefficient (Wildman–Crippen LogP) is 5.15. The van der Waals surface area contributed by atoms with E-state index in [1.165, 1.54) is 24.8 Å². The van der Waals surface area contributed by atoms with Gasteiger partial charge in [0, 0.05) is 13.7 Å². The Morgan fingerprint density at radius 3 is 2.18 bits per heavy atom. The summed E-state index contributed by atoms with van der Waals surface area (Å²) in [4.78, 5) is 0. The standard InChI is InChI=1S/C10H14.C4H10O.C2H6/c1-3-4-6-9(2)10-7-5-8-10;1-3-4-5-2;1-2/h3-4,6,10H,1-2,5,7-8H2;3-4H2,1-2H3;1-2H3/b6-4-;;. The van der Waals surface area contributed by atoms with Crippen molar-refractivity contribution in [2.75, 3.05) is 13.7 Å². The molecule has 0 aliphatic heterocycles. The molecule has 1 rings (SSSR count). The molecule has 0 unspecified atom stereocenters. The lowest BCUT2D eigenvalue weighted by atomic mass is 9.80. The van der Waals surface area contributed by atoms with Crippen molar-refractivity contribution >= 4 is 0 Å². The highest BCUT2D eigenvalue weighted by Crippen LogP contribution is 2.32. The highest BCUT2D eigenvalue weighted by atomic mass is 16.5. The first-order valence-electron chi connectivity index (χ1n) is 6.73. The fourth-order valence-electron chi connectivity index (χ4n) is 1.31. The van der Waals surface area contributed by atoms with Crippen LogP contribution < -0.4 is 0 Å². The van der Waals surface area contributed by atoms with Crippen LogP contribution in [0.5, 0.6) is 0 Å². The Hall–Kier alpha value is -0.820. The number of hydrogen-bond donors (Lipinski definition) is 0. The first-order valence-corrected chi connectivity index (χ1v) is 6.73. The summed E-state index contributed by atoms with van der Waals surface area (Å²) in [7, 11) is 1.71. The van der Waals surface area contributed by atoms with Crippen LogP contribution in [0.2, 0.25) is 0 Å². The van der Waals surface area contributed by atoms with Gasteiger partial charge < -0.3 is 4.74 Å². The van der Waals surface area contributed by atoms with Crippen LogP contribution in [-0.2, 0) is 4.74 Å². The Morgan fingerprint density at radius 2 is 1.94 bits per heavy atom. The first kappa shape index (κ1) is 18.5. The zero-order valence-corrected chi connectivity index (χ0v) is 12.2. The van der Waals surface area contributed by atoms with Crippen LogP contribution in [0.4, 0.5) is 0 Å². The van der Waals surface area contributed by atoms with Crippen LogP contribution in [0.3, 0.4) is 0 Å². The zero-order chi connectivity index (χ0) is 13.5. The number of methoxy groups -OCH3 is 1. The van der Waals surface area contributed by atoms with E-state index in [1.54, 1.807) is 13.2 Å². The van der Waals surface area contributed by atoms with E-state index in [2.05, 4.69) is 26.2 Å². The Morgan fingerprint density at radius 1 is 1.35 bits per heavy atom. The van der Waals surface area contributed by atoms with Gasteiger partial charge in [-0.2, -0.15) is 0 Å². The molecular weight excluding hydrogens is 208 g/mol. The summed E-state index contributed by atoms with van der Waals surface area (Å²) in [5, 5.41) is 0. The average molecular weight is 238 g/mol. The normalized spacial score (nSPS) is 13.9. The minimum Gasteiger partial charge on any atom is -0.385 e. The van der Waals surface area contributed by atoms with E-state index >= 15 is 0 Å². The van der Waals surface area contributed by atoms with Gasteiger partial charge in [-0.1, -0.05) is 64.2 Å². The number of hydrogen-bond acceptors (Lipinski definition) is 1. The van der Waals surface area contributed by atoms with Crippen LogP contribution in [0.1, 0.15) is 46.5 Å². The molecule has 1 saturated carbocycles. The molecule has 0 aromatic carbocycles. The van der Waals surface area contributed by atoms with Gasteiger partial charge in [-0.25, -0.2) is 0 Å². The molecule has 0 aromatic rings. The fourth-order valence-corrected chi connectivity index (χ4v) is 1.31. The third-order valence-corrected chi connectivity index (χ3v) is 2.48. The van der Waals surface area contributed by atoms with Crippen LogP contribution in [0, 0.1) is 5.92 Å². The van der Waals surface area contributed by atoms with Crippen molar-refractivity contribution in [2.24, 2.45) is 5.92 Å². The molecule has 1 fully saturated rings. The molecular formula is C16H30O. The summed E-state index contributed by atoms with van der Waals surface area (Å²) >= 11 is 0. The Kier molecular flexibility index (Phi) is 16.6.